The van der Waals surface area contributed by atoms with Crippen molar-refractivity contribution in [3.05, 3.63) is 0 Å². The Morgan fingerprint density at radius 3 is 1.67 bits per heavy atom. The molecule has 2 fully saturated rings. The third-order valence-electron chi connectivity index (χ3n) is 4.93. The number of aliphatic hydroxyl groups is 1. The van der Waals surface area contributed by atoms with Gasteiger partial charge in [-0.05, 0) is 62.7 Å². The Hall–Kier alpha value is -0.0800. The monoisotopic (exact) mass is 254 g/mol. The maximum Gasteiger partial charge on any atom is 0.0580 e. The highest BCUT2D eigenvalue weighted by Gasteiger charge is 2.31. The Morgan fingerprint density at radius 2 is 1.22 bits per heavy atom. The largest absolute Gasteiger partial charge is 0.393 e. The molecule has 2 aliphatic rings. The van der Waals surface area contributed by atoms with Crippen LogP contribution in [0, 0.1) is 11.3 Å². The fraction of sp³-hybridized carbons (Fsp3) is 1.00. The first-order valence-electron chi connectivity index (χ1n) is 7.78. The summed E-state index contributed by atoms with van der Waals surface area (Å²) in [6, 6.07) is 0. The maximum atomic E-state index is 9.50. The first kappa shape index (κ1) is 14.3. The van der Waals surface area contributed by atoms with Crippen LogP contribution in [-0.4, -0.2) is 23.4 Å². The van der Waals surface area contributed by atoms with Gasteiger partial charge in [0.2, 0.25) is 0 Å². The molecule has 2 saturated carbocycles. The molecule has 2 aliphatic carbocycles. The molecular formula is C16H30O2. The van der Waals surface area contributed by atoms with Crippen LogP contribution in [0.1, 0.15) is 72.1 Å². The van der Waals surface area contributed by atoms with Gasteiger partial charge < -0.3 is 9.84 Å². The number of hydrogen-bond acceptors (Lipinski definition) is 2. The van der Waals surface area contributed by atoms with Gasteiger partial charge >= 0.3 is 0 Å². The molecule has 0 amide bonds. The minimum absolute atomic E-state index is 0.0681. The van der Waals surface area contributed by atoms with E-state index in [1.807, 2.05) is 0 Å². The molecule has 18 heavy (non-hydrogen) atoms. The molecule has 0 spiro atoms. The van der Waals surface area contributed by atoms with Gasteiger partial charge in [0.05, 0.1) is 18.3 Å². The van der Waals surface area contributed by atoms with Crippen LogP contribution in [0.4, 0.5) is 0 Å². The molecule has 0 saturated heterocycles. The number of aliphatic hydroxyl groups excluding tert-OH is 1. The molecule has 2 nitrogen and oxygen atoms in total. The van der Waals surface area contributed by atoms with Crippen LogP contribution < -0.4 is 0 Å². The van der Waals surface area contributed by atoms with Crippen LogP contribution >= 0.6 is 0 Å². The summed E-state index contributed by atoms with van der Waals surface area (Å²) in [7, 11) is 0. The van der Waals surface area contributed by atoms with E-state index >= 15 is 0 Å². The van der Waals surface area contributed by atoms with Crippen molar-refractivity contribution in [2.75, 3.05) is 0 Å². The second-order valence-electron chi connectivity index (χ2n) is 7.41. The van der Waals surface area contributed by atoms with Crippen molar-refractivity contribution in [3.63, 3.8) is 0 Å². The summed E-state index contributed by atoms with van der Waals surface area (Å²) in [5.41, 5.74) is 0.458. The van der Waals surface area contributed by atoms with Gasteiger partial charge in [-0.2, -0.15) is 0 Å². The van der Waals surface area contributed by atoms with Crippen LogP contribution in [-0.2, 0) is 4.74 Å². The highest BCUT2D eigenvalue weighted by Crippen LogP contribution is 2.39. The molecule has 0 radical (unpaired) electrons. The van der Waals surface area contributed by atoms with E-state index in [1.165, 1.54) is 25.7 Å². The van der Waals surface area contributed by atoms with Crippen molar-refractivity contribution < 1.29 is 9.84 Å². The zero-order chi connectivity index (χ0) is 13.2. The van der Waals surface area contributed by atoms with Crippen molar-refractivity contribution in [2.24, 2.45) is 11.3 Å². The Bertz CT molecular complexity index is 240. The molecule has 2 rings (SSSR count). The lowest BCUT2D eigenvalue weighted by molar-refractivity contribution is -0.0700. The van der Waals surface area contributed by atoms with Gasteiger partial charge in [-0.25, -0.2) is 0 Å². The first-order valence-corrected chi connectivity index (χ1v) is 7.78. The Balaban J connectivity index is 1.70. The fourth-order valence-corrected chi connectivity index (χ4v) is 3.52. The van der Waals surface area contributed by atoms with Gasteiger partial charge in [0.15, 0.2) is 0 Å². The molecule has 0 atom stereocenters. The van der Waals surface area contributed by atoms with E-state index in [9.17, 15) is 5.11 Å². The van der Waals surface area contributed by atoms with Crippen molar-refractivity contribution >= 4 is 0 Å². The zero-order valence-corrected chi connectivity index (χ0v) is 12.3. The van der Waals surface area contributed by atoms with Crippen molar-refractivity contribution in [3.8, 4) is 0 Å². The lowest BCUT2D eigenvalue weighted by Crippen LogP contribution is -2.33. The summed E-state index contributed by atoms with van der Waals surface area (Å²) in [6.07, 6.45) is 9.94. The fourth-order valence-electron chi connectivity index (χ4n) is 3.52. The van der Waals surface area contributed by atoms with E-state index in [0.717, 1.165) is 31.6 Å². The van der Waals surface area contributed by atoms with Gasteiger partial charge in [-0.1, -0.05) is 20.8 Å². The van der Waals surface area contributed by atoms with Crippen molar-refractivity contribution in [1.29, 1.82) is 0 Å². The molecule has 0 heterocycles. The quantitative estimate of drug-likeness (QED) is 0.809. The minimum Gasteiger partial charge on any atom is -0.393 e. The topological polar surface area (TPSA) is 29.5 Å². The molecule has 0 unspecified atom stereocenters. The molecule has 0 aromatic rings. The number of rotatable bonds is 2. The molecule has 0 aliphatic heterocycles. The van der Waals surface area contributed by atoms with Crippen molar-refractivity contribution in [2.45, 2.75) is 90.4 Å². The van der Waals surface area contributed by atoms with Gasteiger partial charge in [-0.3, -0.25) is 0 Å². The summed E-state index contributed by atoms with van der Waals surface area (Å²) >= 11 is 0. The lowest BCUT2D eigenvalue weighted by atomic mass is 9.72. The molecule has 106 valence electrons. The van der Waals surface area contributed by atoms with Gasteiger partial charge in [0.25, 0.3) is 0 Å². The minimum atomic E-state index is -0.0681. The first-order chi connectivity index (χ1) is 8.45. The van der Waals surface area contributed by atoms with E-state index < -0.39 is 0 Å². The molecule has 0 aromatic heterocycles. The lowest BCUT2D eigenvalue weighted by Gasteiger charge is -2.38. The Kier molecular flexibility index (Phi) is 4.71. The van der Waals surface area contributed by atoms with Crippen LogP contribution in [0.2, 0.25) is 0 Å². The molecular weight excluding hydrogens is 224 g/mol. The average molecular weight is 254 g/mol. The van der Waals surface area contributed by atoms with E-state index in [1.54, 1.807) is 0 Å². The van der Waals surface area contributed by atoms with Crippen LogP contribution in [0.15, 0.2) is 0 Å². The molecule has 0 bridgehead atoms. The summed E-state index contributed by atoms with van der Waals surface area (Å²) in [4.78, 5) is 0. The third kappa shape index (κ3) is 3.96. The van der Waals surface area contributed by atoms with E-state index in [2.05, 4.69) is 20.8 Å². The Morgan fingerprint density at radius 1 is 0.778 bits per heavy atom. The SMILES string of the molecule is CC(C)(C)C1CCC(OC2CCC(O)CC2)CC1. The highest BCUT2D eigenvalue weighted by atomic mass is 16.5. The van der Waals surface area contributed by atoms with Crippen LogP contribution in [0.5, 0.6) is 0 Å². The summed E-state index contributed by atoms with van der Waals surface area (Å²) in [6.45, 7) is 7.09. The molecule has 0 aromatic carbocycles. The second kappa shape index (κ2) is 5.92. The molecule has 2 heteroatoms. The predicted octanol–water partition coefficient (Wildman–Crippen LogP) is 3.91. The normalized spacial score (nSPS) is 38.7. The van der Waals surface area contributed by atoms with Crippen LogP contribution in [0.25, 0.3) is 0 Å². The van der Waals surface area contributed by atoms with Crippen molar-refractivity contribution in [1.82, 2.24) is 0 Å². The smallest absolute Gasteiger partial charge is 0.0580 e. The highest BCUT2D eigenvalue weighted by molar-refractivity contribution is 4.82. The third-order valence-corrected chi connectivity index (χ3v) is 4.93. The summed E-state index contributed by atoms with van der Waals surface area (Å²) < 4.78 is 6.23. The van der Waals surface area contributed by atoms with Gasteiger partial charge in [-0.15, -0.1) is 0 Å². The average Bonchev–Trinajstić information content (AvgIpc) is 2.32. The Labute approximate surface area is 112 Å². The predicted molar refractivity (Wildman–Crippen MR) is 74.5 cm³/mol. The molecule has 1 N–H and O–H groups in total. The summed E-state index contributed by atoms with van der Waals surface area (Å²) in [5.74, 6) is 0.866. The second-order valence-corrected chi connectivity index (χ2v) is 7.41. The van der Waals surface area contributed by atoms with Crippen LogP contribution in [0.3, 0.4) is 0 Å². The standard InChI is InChI=1S/C16H30O2/c1-16(2,3)12-4-8-14(9-5-12)18-15-10-6-13(17)7-11-15/h12-15,17H,4-11H2,1-3H3. The van der Waals surface area contributed by atoms with Gasteiger partial charge in [0, 0.05) is 0 Å². The summed E-state index contributed by atoms with van der Waals surface area (Å²) in [5, 5.41) is 9.50. The zero-order valence-electron chi connectivity index (χ0n) is 12.3. The van der Waals surface area contributed by atoms with E-state index in [-0.39, 0.29) is 6.10 Å². The maximum absolute atomic E-state index is 9.50. The van der Waals surface area contributed by atoms with E-state index in [4.69, 9.17) is 4.74 Å². The number of hydrogen-bond donors (Lipinski definition) is 1. The van der Waals surface area contributed by atoms with Gasteiger partial charge in [0.1, 0.15) is 0 Å². The van der Waals surface area contributed by atoms with E-state index in [0.29, 0.717) is 17.6 Å². The number of ether oxygens (including phenoxy) is 1.